The molecule has 0 aliphatic carbocycles. The summed E-state index contributed by atoms with van der Waals surface area (Å²) in [6.45, 7) is -0.219. The summed E-state index contributed by atoms with van der Waals surface area (Å²) >= 11 is 0. The van der Waals surface area contributed by atoms with E-state index in [-0.39, 0.29) is 12.4 Å². The summed E-state index contributed by atoms with van der Waals surface area (Å²) in [7, 11) is -2.22. The fourth-order valence-corrected chi connectivity index (χ4v) is 3.65. The van der Waals surface area contributed by atoms with E-state index in [1.807, 2.05) is 30.3 Å². The molecule has 8 heteroatoms. The van der Waals surface area contributed by atoms with E-state index >= 15 is 0 Å². The lowest BCUT2D eigenvalue weighted by Gasteiger charge is -2.08. The monoisotopic (exact) mass is 405 g/mol. The zero-order valence-corrected chi connectivity index (χ0v) is 16.4. The summed E-state index contributed by atoms with van der Waals surface area (Å²) in [4.78, 5) is 23.0. The van der Waals surface area contributed by atoms with E-state index in [4.69, 9.17) is 4.74 Å². The molecule has 2 aromatic carbocycles. The number of hydrogen-bond donors (Lipinski definition) is 1. The Kier molecular flexibility index (Phi) is 8.01. The Morgan fingerprint density at radius 2 is 1.68 bits per heavy atom. The van der Waals surface area contributed by atoms with Crippen molar-refractivity contribution in [2.24, 2.45) is 0 Å². The van der Waals surface area contributed by atoms with E-state index in [0.717, 1.165) is 5.56 Å². The first-order chi connectivity index (χ1) is 13.4. The third kappa shape index (κ3) is 7.79. The smallest absolute Gasteiger partial charge is 0.343 e. The first-order valence-corrected chi connectivity index (χ1v) is 10.5. The van der Waals surface area contributed by atoms with Crippen molar-refractivity contribution in [3.63, 3.8) is 0 Å². The molecule has 1 N–H and O–H groups in total. The molecule has 0 heterocycles. The molecule has 7 nitrogen and oxygen atoms in total. The number of benzene rings is 2. The van der Waals surface area contributed by atoms with Crippen LogP contribution in [0.15, 0.2) is 54.6 Å². The lowest BCUT2D eigenvalue weighted by Crippen LogP contribution is -2.24. The molecule has 150 valence electrons. The molecule has 2 aromatic rings. The summed E-state index contributed by atoms with van der Waals surface area (Å²) in [6, 6.07) is 15.9. The van der Waals surface area contributed by atoms with Crippen LogP contribution in [-0.2, 0) is 30.6 Å². The highest BCUT2D eigenvalue weighted by molar-refractivity contribution is 7.92. The van der Waals surface area contributed by atoms with Crippen molar-refractivity contribution in [1.29, 1.82) is 0 Å². The van der Waals surface area contributed by atoms with Crippen LogP contribution in [0.3, 0.4) is 0 Å². The van der Waals surface area contributed by atoms with Gasteiger partial charge in [0.2, 0.25) is 5.91 Å². The molecular formula is C20H23NO6S. The number of esters is 1. The van der Waals surface area contributed by atoms with Gasteiger partial charge in [-0.25, -0.2) is 13.2 Å². The number of methoxy groups -OCH3 is 1. The van der Waals surface area contributed by atoms with Gasteiger partial charge in [0.05, 0.1) is 12.9 Å². The Labute approximate surface area is 164 Å². The molecule has 0 aliphatic rings. The number of amides is 1. The number of rotatable bonds is 10. The van der Waals surface area contributed by atoms with E-state index in [1.54, 1.807) is 24.3 Å². The van der Waals surface area contributed by atoms with Crippen LogP contribution >= 0.6 is 0 Å². The lowest BCUT2D eigenvalue weighted by molar-refractivity contribution is -0.142. The number of carbonyl (C=O) groups excluding carboxylic acids is 2. The molecule has 2 rings (SSSR count). The predicted octanol–water partition coefficient (Wildman–Crippen LogP) is 2.22. The third-order valence-electron chi connectivity index (χ3n) is 3.84. The highest BCUT2D eigenvalue weighted by Gasteiger charge is 2.16. The summed E-state index contributed by atoms with van der Waals surface area (Å²) < 4.78 is 33.9. The van der Waals surface area contributed by atoms with E-state index in [0.29, 0.717) is 24.3 Å². The third-order valence-corrected chi connectivity index (χ3v) is 5.45. The van der Waals surface area contributed by atoms with Crippen molar-refractivity contribution < 1.29 is 27.5 Å². The van der Waals surface area contributed by atoms with Gasteiger partial charge in [-0.2, -0.15) is 0 Å². The van der Waals surface area contributed by atoms with Crippen LogP contribution in [0.4, 0.5) is 5.69 Å². The standard InChI is InChI=1S/C20H23NO6S/c1-26-20(23)14-27-18-11-9-17(10-12-18)21-19(22)15-28(24,25)13-5-8-16-6-3-2-4-7-16/h2-4,6-7,9-12H,5,8,13-15H2,1H3,(H,21,22). The zero-order chi connectivity index (χ0) is 20.4. The number of anilines is 1. The molecule has 0 saturated heterocycles. The lowest BCUT2D eigenvalue weighted by atomic mass is 10.1. The van der Waals surface area contributed by atoms with Crippen molar-refractivity contribution in [2.75, 3.05) is 30.5 Å². The van der Waals surface area contributed by atoms with E-state index < -0.39 is 27.5 Å². The fraction of sp³-hybridized carbons (Fsp3) is 0.300. The Hall–Kier alpha value is -2.87. The number of ether oxygens (including phenoxy) is 2. The molecular weight excluding hydrogens is 382 g/mol. The summed E-state index contributed by atoms with van der Waals surface area (Å²) in [5.74, 6) is -1.28. The van der Waals surface area contributed by atoms with Crippen LogP contribution in [0.2, 0.25) is 0 Å². The SMILES string of the molecule is COC(=O)COc1ccc(NC(=O)CS(=O)(=O)CCCc2ccccc2)cc1. The maximum atomic E-state index is 12.1. The van der Waals surface area contributed by atoms with E-state index in [2.05, 4.69) is 10.1 Å². The van der Waals surface area contributed by atoms with Gasteiger partial charge in [-0.1, -0.05) is 30.3 Å². The largest absolute Gasteiger partial charge is 0.482 e. The molecule has 0 saturated carbocycles. The average molecular weight is 405 g/mol. The van der Waals surface area contributed by atoms with Crippen LogP contribution < -0.4 is 10.1 Å². The molecule has 0 spiro atoms. The molecule has 0 atom stereocenters. The Balaban J connectivity index is 1.77. The Morgan fingerprint density at radius 1 is 1.00 bits per heavy atom. The van der Waals surface area contributed by atoms with E-state index in [1.165, 1.54) is 7.11 Å². The number of carbonyl (C=O) groups is 2. The second-order valence-electron chi connectivity index (χ2n) is 6.12. The van der Waals surface area contributed by atoms with E-state index in [9.17, 15) is 18.0 Å². The van der Waals surface area contributed by atoms with Gasteiger partial charge in [-0.05, 0) is 42.7 Å². The Bertz CT molecular complexity index is 879. The molecule has 0 unspecified atom stereocenters. The number of nitrogens with one attached hydrogen (secondary N) is 1. The molecule has 0 aromatic heterocycles. The fourth-order valence-electron chi connectivity index (χ4n) is 2.45. The highest BCUT2D eigenvalue weighted by atomic mass is 32.2. The maximum Gasteiger partial charge on any atom is 0.343 e. The van der Waals surface area contributed by atoms with Crippen LogP contribution in [0, 0.1) is 0 Å². The minimum atomic E-state index is -3.49. The topological polar surface area (TPSA) is 98.8 Å². The van der Waals surface area contributed by atoms with Crippen molar-refractivity contribution in [2.45, 2.75) is 12.8 Å². The van der Waals surface area contributed by atoms with Crippen LogP contribution in [-0.4, -0.2) is 45.5 Å². The molecule has 1 amide bonds. The van der Waals surface area contributed by atoms with Crippen LogP contribution in [0.1, 0.15) is 12.0 Å². The minimum absolute atomic E-state index is 0.0460. The zero-order valence-electron chi connectivity index (χ0n) is 15.6. The van der Waals surface area contributed by atoms with Crippen molar-refractivity contribution in [3.8, 4) is 5.75 Å². The first kappa shape index (κ1) is 21.4. The normalized spacial score (nSPS) is 10.9. The first-order valence-electron chi connectivity index (χ1n) is 8.72. The summed E-state index contributed by atoms with van der Waals surface area (Å²) in [5.41, 5.74) is 1.51. The Morgan fingerprint density at radius 3 is 2.32 bits per heavy atom. The molecule has 0 radical (unpaired) electrons. The number of sulfone groups is 1. The average Bonchev–Trinajstić information content (AvgIpc) is 2.67. The molecule has 0 fully saturated rings. The van der Waals surface area contributed by atoms with Crippen molar-refractivity contribution in [1.82, 2.24) is 0 Å². The minimum Gasteiger partial charge on any atom is -0.482 e. The molecule has 28 heavy (non-hydrogen) atoms. The summed E-state index contributed by atoms with van der Waals surface area (Å²) in [5, 5.41) is 2.54. The molecule has 0 aliphatic heterocycles. The van der Waals surface area contributed by atoms with Gasteiger partial charge in [-0.3, -0.25) is 4.79 Å². The highest BCUT2D eigenvalue weighted by Crippen LogP contribution is 2.16. The van der Waals surface area contributed by atoms with Crippen molar-refractivity contribution >= 4 is 27.4 Å². The number of aryl methyl sites for hydroxylation is 1. The number of hydrogen-bond acceptors (Lipinski definition) is 6. The van der Waals surface area contributed by atoms with Crippen LogP contribution in [0.25, 0.3) is 0 Å². The van der Waals surface area contributed by atoms with Gasteiger partial charge in [0.25, 0.3) is 0 Å². The van der Waals surface area contributed by atoms with Crippen LogP contribution in [0.5, 0.6) is 5.75 Å². The van der Waals surface area contributed by atoms with Gasteiger partial charge in [-0.15, -0.1) is 0 Å². The van der Waals surface area contributed by atoms with Gasteiger partial charge >= 0.3 is 5.97 Å². The van der Waals surface area contributed by atoms with Gasteiger partial charge in [0.1, 0.15) is 11.5 Å². The van der Waals surface area contributed by atoms with Gasteiger partial charge in [0, 0.05) is 5.69 Å². The van der Waals surface area contributed by atoms with Gasteiger partial charge in [0.15, 0.2) is 16.4 Å². The van der Waals surface area contributed by atoms with Crippen molar-refractivity contribution in [3.05, 3.63) is 60.2 Å². The second kappa shape index (κ2) is 10.5. The predicted molar refractivity (Wildman–Crippen MR) is 106 cm³/mol. The van der Waals surface area contributed by atoms with Gasteiger partial charge < -0.3 is 14.8 Å². The maximum absolute atomic E-state index is 12.1. The second-order valence-corrected chi connectivity index (χ2v) is 8.30. The molecule has 0 bridgehead atoms. The quantitative estimate of drug-likeness (QED) is 0.609. The summed E-state index contributed by atoms with van der Waals surface area (Å²) in [6.07, 6.45) is 1.11.